The molecular formula is C11H15N3O. The van der Waals surface area contributed by atoms with Crippen molar-refractivity contribution in [3.05, 3.63) is 30.1 Å². The van der Waals surface area contributed by atoms with E-state index in [4.69, 9.17) is 10.7 Å². The Morgan fingerprint density at radius 3 is 3.07 bits per heavy atom. The highest BCUT2D eigenvalue weighted by atomic mass is 16.6. The molecule has 0 saturated heterocycles. The number of nitrogens with zero attached hydrogens (tertiary/aromatic N) is 1. The van der Waals surface area contributed by atoms with Gasteiger partial charge in [0, 0.05) is 23.2 Å². The van der Waals surface area contributed by atoms with E-state index in [2.05, 4.69) is 23.8 Å². The van der Waals surface area contributed by atoms with E-state index < -0.39 is 0 Å². The van der Waals surface area contributed by atoms with Crippen LogP contribution in [-0.4, -0.2) is 16.6 Å². The molecule has 0 saturated carbocycles. The highest BCUT2D eigenvalue weighted by Crippen LogP contribution is 2.29. The number of rotatable bonds is 3. The summed E-state index contributed by atoms with van der Waals surface area (Å²) in [5.74, 6) is 5.14. The van der Waals surface area contributed by atoms with Crippen LogP contribution in [0.4, 0.5) is 0 Å². The zero-order valence-corrected chi connectivity index (χ0v) is 8.95. The number of pyridine rings is 1. The Kier molecular flexibility index (Phi) is 2.46. The van der Waals surface area contributed by atoms with Gasteiger partial charge in [-0.3, -0.25) is 0 Å². The number of nitrogens with two attached hydrogens (primary N) is 1. The molecule has 3 N–H and O–H groups in total. The van der Waals surface area contributed by atoms with E-state index in [9.17, 15) is 0 Å². The van der Waals surface area contributed by atoms with Crippen molar-refractivity contribution in [2.24, 2.45) is 5.90 Å². The van der Waals surface area contributed by atoms with Crippen LogP contribution in [0.15, 0.2) is 24.5 Å². The lowest BCUT2D eigenvalue weighted by Crippen LogP contribution is -2.25. The van der Waals surface area contributed by atoms with Crippen LogP contribution in [0, 0.1) is 0 Å². The average molecular weight is 205 g/mol. The molecule has 2 aromatic heterocycles. The number of hydrogen-bond acceptors (Lipinski definition) is 3. The van der Waals surface area contributed by atoms with Crippen LogP contribution in [0.5, 0.6) is 0 Å². The van der Waals surface area contributed by atoms with E-state index in [0.717, 1.165) is 11.0 Å². The highest BCUT2D eigenvalue weighted by Gasteiger charge is 2.24. The molecule has 0 fully saturated rings. The third-order valence-electron chi connectivity index (χ3n) is 2.62. The van der Waals surface area contributed by atoms with E-state index in [1.807, 2.05) is 18.3 Å². The van der Waals surface area contributed by atoms with Crippen molar-refractivity contribution in [2.45, 2.75) is 19.3 Å². The van der Waals surface area contributed by atoms with Gasteiger partial charge in [-0.05, 0) is 17.7 Å². The van der Waals surface area contributed by atoms with Crippen LogP contribution in [0.1, 0.15) is 19.4 Å². The summed E-state index contributed by atoms with van der Waals surface area (Å²) in [5, 5.41) is 1.12. The topological polar surface area (TPSA) is 63.9 Å². The number of aromatic amines is 1. The largest absolute Gasteiger partial charge is 0.346 e. The Labute approximate surface area is 88.4 Å². The molecule has 15 heavy (non-hydrogen) atoms. The second-order valence-electron chi connectivity index (χ2n) is 4.30. The molecule has 0 aliphatic carbocycles. The van der Waals surface area contributed by atoms with Crippen molar-refractivity contribution in [2.75, 3.05) is 6.61 Å². The third-order valence-corrected chi connectivity index (χ3v) is 2.62. The summed E-state index contributed by atoms with van der Waals surface area (Å²) in [5.41, 5.74) is 1.96. The molecule has 0 spiro atoms. The number of fused-ring (bicyclic) bond motifs is 1. The van der Waals surface area contributed by atoms with E-state index in [-0.39, 0.29) is 5.41 Å². The first-order valence-electron chi connectivity index (χ1n) is 4.89. The minimum absolute atomic E-state index is 0.115. The van der Waals surface area contributed by atoms with Crippen molar-refractivity contribution < 1.29 is 4.84 Å². The molecule has 0 atom stereocenters. The SMILES string of the molecule is CC(C)(CON)c1c[nH]c2ncccc12. The Bertz CT molecular complexity index is 462. The molecule has 0 radical (unpaired) electrons. The van der Waals surface area contributed by atoms with Crippen LogP contribution in [0.3, 0.4) is 0 Å². The second kappa shape index (κ2) is 3.64. The lowest BCUT2D eigenvalue weighted by Gasteiger charge is -2.22. The molecule has 0 bridgehead atoms. The summed E-state index contributed by atoms with van der Waals surface area (Å²) in [6.07, 6.45) is 3.74. The van der Waals surface area contributed by atoms with Gasteiger partial charge < -0.3 is 9.82 Å². The molecule has 0 aliphatic heterocycles. The fourth-order valence-electron chi connectivity index (χ4n) is 1.80. The van der Waals surface area contributed by atoms with Crippen LogP contribution in [-0.2, 0) is 10.3 Å². The van der Waals surface area contributed by atoms with Gasteiger partial charge in [0.05, 0.1) is 6.61 Å². The van der Waals surface area contributed by atoms with Gasteiger partial charge in [-0.1, -0.05) is 13.8 Å². The zero-order valence-electron chi connectivity index (χ0n) is 8.95. The predicted molar refractivity (Wildman–Crippen MR) is 59.3 cm³/mol. The van der Waals surface area contributed by atoms with Gasteiger partial charge in [0.15, 0.2) is 0 Å². The predicted octanol–water partition coefficient (Wildman–Crippen LogP) is 1.73. The summed E-state index contributed by atoms with van der Waals surface area (Å²) >= 11 is 0. The number of H-pyrrole nitrogens is 1. The molecular weight excluding hydrogens is 190 g/mol. The van der Waals surface area contributed by atoms with E-state index in [0.29, 0.717) is 6.61 Å². The molecule has 80 valence electrons. The summed E-state index contributed by atoms with van der Waals surface area (Å²) < 4.78 is 0. The van der Waals surface area contributed by atoms with Gasteiger partial charge in [0.25, 0.3) is 0 Å². The highest BCUT2D eigenvalue weighted by molar-refractivity contribution is 5.80. The standard InChI is InChI=1S/C11H15N3O/c1-11(2,7-15-12)9-6-14-10-8(9)4-3-5-13-10/h3-6H,7,12H2,1-2H3,(H,13,14). The fourth-order valence-corrected chi connectivity index (χ4v) is 1.80. The molecule has 2 rings (SSSR count). The van der Waals surface area contributed by atoms with Gasteiger partial charge in [0.1, 0.15) is 5.65 Å². The van der Waals surface area contributed by atoms with Gasteiger partial charge in [-0.2, -0.15) is 0 Å². The second-order valence-corrected chi connectivity index (χ2v) is 4.30. The maximum absolute atomic E-state index is 5.14. The number of hydrogen-bond donors (Lipinski definition) is 2. The fraction of sp³-hybridized carbons (Fsp3) is 0.364. The van der Waals surface area contributed by atoms with Crippen LogP contribution in [0.2, 0.25) is 0 Å². The Morgan fingerprint density at radius 2 is 2.33 bits per heavy atom. The molecule has 0 aromatic carbocycles. The molecule has 4 heteroatoms. The van der Waals surface area contributed by atoms with Crippen LogP contribution < -0.4 is 5.90 Å². The molecule has 2 aromatic rings. The summed E-state index contributed by atoms with van der Waals surface area (Å²) in [7, 11) is 0. The van der Waals surface area contributed by atoms with E-state index in [1.54, 1.807) is 6.20 Å². The van der Waals surface area contributed by atoms with E-state index >= 15 is 0 Å². The van der Waals surface area contributed by atoms with E-state index in [1.165, 1.54) is 5.56 Å². The average Bonchev–Trinajstić information content (AvgIpc) is 2.61. The number of nitrogens with one attached hydrogen (secondary N) is 1. The maximum Gasteiger partial charge on any atom is 0.137 e. The smallest absolute Gasteiger partial charge is 0.137 e. The van der Waals surface area contributed by atoms with Crippen molar-refractivity contribution in [3.63, 3.8) is 0 Å². The Morgan fingerprint density at radius 1 is 1.53 bits per heavy atom. The molecule has 0 aliphatic rings. The summed E-state index contributed by atoms with van der Waals surface area (Å²) in [6, 6.07) is 3.98. The van der Waals surface area contributed by atoms with Crippen LogP contribution >= 0.6 is 0 Å². The first-order valence-corrected chi connectivity index (χ1v) is 4.89. The lowest BCUT2D eigenvalue weighted by molar-refractivity contribution is 0.0969. The monoisotopic (exact) mass is 205 g/mol. The zero-order chi connectivity index (χ0) is 10.9. The molecule has 2 heterocycles. The van der Waals surface area contributed by atoms with Crippen molar-refractivity contribution >= 4 is 11.0 Å². The van der Waals surface area contributed by atoms with Crippen molar-refractivity contribution in [3.8, 4) is 0 Å². The van der Waals surface area contributed by atoms with Crippen molar-refractivity contribution in [1.82, 2.24) is 9.97 Å². The Balaban J connectivity index is 2.52. The third kappa shape index (κ3) is 1.73. The van der Waals surface area contributed by atoms with Crippen LogP contribution in [0.25, 0.3) is 11.0 Å². The van der Waals surface area contributed by atoms with Gasteiger partial charge >= 0.3 is 0 Å². The van der Waals surface area contributed by atoms with Crippen molar-refractivity contribution in [1.29, 1.82) is 0 Å². The minimum Gasteiger partial charge on any atom is -0.346 e. The lowest BCUT2D eigenvalue weighted by atomic mass is 9.86. The summed E-state index contributed by atoms with van der Waals surface area (Å²) in [6.45, 7) is 4.67. The van der Waals surface area contributed by atoms with Gasteiger partial charge in [0.2, 0.25) is 0 Å². The quantitative estimate of drug-likeness (QED) is 0.750. The molecule has 0 amide bonds. The first-order chi connectivity index (χ1) is 7.15. The molecule has 4 nitrogen and oxygen atoms in total. The van der Waals surface area contributed by atoms with Gasteiger partial charge in [-0.15, -0.1) is 0 Å². The Hall–Kier alpha value is -1.39. The maximum atomic E-state index is 5.14. The summed E-state index contributed by atoms with van der Waals surface area (Å²) in [4.78, 5) is 12.1. The number of aromatic nitrogens is 2. The van der Waals surface area contributed by atoms with Gasteiger partial charge in [-0.25, -0.2) is 10.9 Å². The normalized spacial score (nSPS) is 12.2. The first kappa shape index (κ1) is 10.1. The molecule has 0 unspecified atom stereocenters. The minimum atomic E-state index is -0.115.